The van der Waals surface area contributed by atoms with E-state index in [9.17, 15) is 0 Å². The van der Waals surface area contributed by atoms with E-state index in [4.69, 9.17) is 0 Å². The number of benzene rings is 2. The summed E-state index contributed by atoms with van der Waals surface area (Å²) in [5.74, 6) is 0. The normalized spacial score (nSPS) is 10.9. The van der Waals surface area contributed by atoms with Crippen LogP contribution in [0.4, 0.5) is 0 Å². The maximum Gasteiger partial charge on any atom is 0.0270 e. The average Bonchev–Trinajstić information content (AvgIpc) is 3.00. The number of rotatable bonds is 3. The second kappa shape index (κ2) is 5.68. The summed E-state index contributed by atoms with van der Waals surface area (Å²) in [4.78, 5) is 1.28. The molecule has 0 unspecified atom stereocenters. The van der Waals surface area contributed by atoms with Crippen molar-refractivity contribution in [1.82, 2.24) is 0 Å². The molecule has 0 aliphatic heterocycles. The Balaban J connectivity index is 1.80. The molecule has 0 saturated carbocycles. The van der Waals surface area contributed by atoms with Crippen LogP contribution >= 0.6 is 11.3 Å². The van der Waals surface area contributed by atoms with Crippen LogP contribution in [-0.2, 0) is 0 Å². The van der Waals surface area contributed by atoms with E-state index in [0.717, 1.165) is 0 Å². The van der Waals surface area contributed by atoms with Gasteiger partial charge in [0.15, 0.2) is 0 Å². The van der Waals surface area contributed by atoms with E-state index >= 15 is 0 Å². The first-order valence-corrected chi connectivity index (χ1v) is 7.17. The Kier molecular flexibility index (Phi) is 3.57. The summed E-state index contributed by atoms with van der Waals surface area (Å²) in [6.45, 7) is 0. The lowest BCUT2D eigenvalue weighted by atomic mass is 10.0. The highest BCUT2D eigenvalue weighted by atomic mass is 32.1. The van der Waals surface area contributed by atoms with Crippen molar-refractivity contribution in [3.8, 4) is 11.1 Å². The Labute approximate surface area is 117 Å². The van der Waals surface area contributed by atoms with Crippen LogP contribution in [0.25, 0.3) is 23.3 Å². The van der Waals surface area contributed by atoms with Gasteiger partial charge in [-0.05, 0) is 34.2 Å². The summed E-state index contributed by atoms with van der Waals surface area (Å²) in [5.41, 5.74) is 3.75. The standard InChI is InChI=1S/C18H14S/c1-2-5-16(6-3-1)17-11-8-15(9-12-17)10-13-18-7-4-14-19-18/h1-14H/b13-10+. The highest BCUT2D eigenvalue weighted by Gasteiger charge is 1.95. The summed E-state index contributed by atoms with van der Waals surface area (Å²) in [6.07, 6.45) is 4.31. The van der Waals surface area contributed by atoms with Crippen LogP contribution in [0.2, 0.25) is 0 Å². The Morgan fingerprint density at radius 3 is 2.05 bits per heavy atom. The molecule has 19 heavy (non-hydrogen) atoms. The van der Waals surface area contributed by atoms with Gasteiger partial charge in [0.2, 0.25) is 0 Å². The van der Waals surface area contributed by atoms with Crippen LogP contribution < -0.4 is 0 Å². The quantitative estimate of drug-likeness (QED) is 0.577. The zero-order chi connectivity index (χ0) is 12.9. The van der Waals surface area contributed by atoms with Crippen LogP contribution in [0.5, 0.6) is 0 Å². The van der Waals surface area contributed by atoms with E-state index in [2.05, 4.69) is 78.2 Å². The molecule has 0 aliphatic rings. The summed E-state index contributed by atoms with van der Waals surface area (Å²) < 4.78 is 0. The van der Waals surface area contributed by atoms with Crippen molar-refractivity contribution in [2.45, 2.75) is 0 Å². The van der Waals surface area contributed by atoms with Crippen molar-refractivity contribution < 1.29 is 0 Å². The molecule has 92 valence electrons. The molecular weight excluding hydrogens is 248 g/mol. The fraction of sp³-hybridized carbons (Fsp3) is 0. The highest BCUT2D eigenvalue weighted by Crippen LogP contribution is 2.20. The van der Waals surface area contributed by atoms with Crippen molar-refractivity contribution in [1.29, 1.82) is 0 Å². The number of hydrogen-bond acceptors (Lipinski definition) is 1. The predicted molar refractivity (Wildman–Crippen MR) is 85.1 cm³/mol. The van der Waals surface area contributed by atoms with Crippen LogP contribution in [0.3, 0.4) is 0 Å². The van der Waals surface area contributed by atoms with E-state index in [-0.39, 0.29) is 0 Å². The molecule has 0 bridgehead atoms. The molecule has 0 aliphatic carbocycles. The first kappa shape index (κ1) is 11.9. The van der Waals surface area contributed by atoms with Crippen molar-refractivity contribution in [3.63, 3.8) is 0 Å². The minimum absolute atomic E-state index is 1.23. The predicted octanol–water partition coefficient (Wildman–Crippen LogP) is 5.59. The average molecular weight is 262 g/mol. The lowest BCUT2D eigenvalue weighted by Gasteiger charge is -2.01. The third-order valence-electron chi connectivity index (χ3n) is 3.00. The van der Waals surface area contributed by atoms with Gasteiger partial charge in [-0.15, -0.1) is 11.3 Å². The van der Waals surface area contributed by atoms with E-state index in [1.807, 2.05) is 6.07 Å². The third-order valence-corrected chi connectivity index (χ3v) is 3.84. The lowest BCUT2D eigenvalue weighted by molar-refractivity contribution is 1.60. The van der Waals surface area contributed by atoms with Gasteiger partial charge in [-0.25, -0.2) is 0 Å². The van der Waals surface area contributed by atoms with Gasteiger partial charge in [-0.1, -0.05) is 66.7 Å². The zero-order valence-electron chi connectivity index (χ0n) is 10.5. The molecule has 0 spiro atoms. The molecule has 1 heteroatoms. The molecule has 0 atom stereocenters. The van der Waals surface area contributed by atoms with E-state index < -0.39 is 0 Å². The lowest BCUT2D eigenvalue weighted by Crippen LogP contribution is -1.77. The SMILES string of the molecule is C(=C\c1cccs1)/c1ccc(-c2ccccc2)cc1. The molecule has 3 aromatic rings. The summed E-state index contributed by atoms with van der Waals surface area (Å²) >= 11 is 1.76. The van der Waals surface area contributed by atoms with Crippen LogP contribution in [0.15, 0.2) is 72.1 Å². The van der Waals surface area contributed by atoms with Gasteiger partial charge in [0.05, 0.1) is 0 Å². The smallest absolute Gasteiger partial charge is 0.0270 e. The number of hydrogen-bond donors (Lipinski definition) is 0. The Bertz CT molecular complexity index is 647. The van der Waals surface area contributed by atoms with Gasteiger partial charge in [0.25, 0.3) is 0 Å². The Morgan fingerprint density at radius 1 is 0.632 bits per heavy atom. The third kappa shape index (κ3) is 3.01. The van der Waals surface area contributed by atoms with Crippen LogP contribution in [0, 0.1) is 0 Å². The fourth-order valence-corrected chi connectivity index (χ4v) is 2.60. The first-order chi connectivity index (χ1) is 9.42. The minimum atomic E-state index is 1.23. The first-order valence-electron chi connectivity index (χ1n) is 6.29. The van der Waals surface area contributed by atoms with E-state index in [0.29, 0.717) is 0 Å². The summed E-state index contributed by atoms with van der Waals surface area (Å²) in [6, 6.07) is 23.3. The largest absolute Gasteiger partial charge is 0.144 e. The highest BCUT2D eigenvalue weighted by molar-refractivity contribution is 7.10. The molecule has 0 N–H and O–H groups in total. The van der Waals surface area contributed by atoms with Crippen molar-refractivity contribution in [3.05, 3.63) is 82.6 Å². The van der Waals surface area contributed by atoms with Gasteiger partial charge < -0.3 is 0 Å². The maximum absolute atomic E-state index is 2.17. The van der Waals surface area contributed by atoms with Gasteiger partial charge in [0, 0.05) is 4.88 Å². The Morgan fingerprint density at radius 2 is 1.37 bits per heavy atom. The van der Waals surface area contributed by atoms with E-state index in [1.165, 1.54) is 21.6 Å². The van der Waals surface area contributed by atoms with Crippen molar-refractivity contribution in [2.24, 2.45) is 0 Å². The molecule has 2 aromatic carbocycles. The molecule has 0 fully saturated rings. The fourth-order valence-electron chi connectivity index (χ4n) is 1.98. The summed E-state index contributed by atoms with van der Waals surface area (Å²) in [7, 11) is 0. The van der Waals surface area contributed by atoms with Crippen molar-refractivity contribution >= 4 is 23.5 Å². The van der Waals surface area contributed by atoms with Gasteiger partial charge in [-0.3, -0.25) is 0 Å². The van der Waals surface area contributed by atoms with Gasteiger partial charge >= 0.3 is 0 Å². The molecule has 0 amide bonds. The molecule has 0 nitrogen and oxygen atoms in total. The number of thiophene rings is 1. The molecule has 0 radical (unpaired) electrons. The second-order valence-corrected chi connectivity index (χ2v) is 5.32. The zero-order valence-corrected chi connectivity index (χ0v) is 11.3. The molecule has 0 saturated heterocycles. The molecule has 1 heterocycles. The second-order valence-electron chi connectivity index (χ2n) is 4.34. The maximum atomic E-state index is 2.17. The van der Waals surface area contributed by atoms with Crippen molar-refractivity contribution in [2.75, 3.05) is 0 Å². The Hall–Kier alpha value is -2.12. The topological polar surface area (TPSA) is 0 Å². The van der Waals surface area contributed by atoms with Crippen LogP contribution in [-0.4, -0.2) is 0 Å². The minimum Gasteiger partial charge on any atom is -0.144 e. The van der Waals surface area contributed by atoms with Gasteiger partial charge in [-0.2, -0.15) is 0 Å². The van der Waals surface area contributed by atoms with Gasteiger partial charge in [0.1, 0.15) is 0 Å². The molecule has 3 rings (SSSR count). The van der Waals surface area contributed by atoms with Crippen LogP contribution in [0.1, 0.15) is 10.4 Å². The monoisotopic (exact) mass is 262 g/mol. The molecule has 1 aromatic heterocycles. The molecular formula is C18H14S. The van der Waals surface area contributed by atoms with E-state index in [1.54, 1.807) is 11.3 Å². The summed E-state index contributed by atoms with van der Waals surface area (Å²) in [5, 5.41) is 2.10.